The van der Waals surface area contributed by atoms with Gasteiger partial charge in [0.25, 0.3) is 0 Å². The summed E-state index contributed by atoms with van der Waals surface area (Å²) < 4.78 is 1.89. The van der Waals surface area contributed by atoms with Crippen molar-refractivity contribution in [1.29, 1.82) is 0 Å². The molecule has 0 saturated carbocycles. The fraction of sp³-hybridized carbons (Fsp3) is 0.417. The molecule has 1 aliphatic heterocycles. The molecule has 1 fully saturated rings. The monoisotopic (exact) mass is 260 g/mol. The predicted molar refractivity (Wildman–Crippen MR) is 69.6 cm³/mol. The third kappa shape index (κ3) is 2.59. The molecular weight excluding hydrogens is 244 g/mol. The van der Waals surface area contributed by atoms with Crippen molar-refractivity contribution in [3.63, 3.8) is 0 Å². The zero-order chi connectivity index (χ0) is 13.1. The second-order valence-electron chi connectivity index (χ2n) is 4.53. The first kappa shape index (κ1) is 11.8. The van der Waals surface area contributed by atoms with Crippen LogP contribution in [0.1, 0.15) is 0 Å². The molecule has 2 aromatic rings. The number of nitrogens with zero attached hydrogens (tertiary/aromatic N) is 5. The third-order valence-electron chi connectivity index (χ3n) is 3.32. The molecule has 1 saturated heterocycles. The quantitative estimate of drug-likeness (QED) is 0.840. The highest BCUT2D eigenvalue weighted by Crippen LogP contribution is 2.09. The smallest absolute Gasteiger partial charge is 0.242 e. The molecule has 0 radical (unpaired) electrons. The van der Waals surface area contributed by atoms with Crippen molar-refractivity contribution < 1.29 is 4.79 Å². The summed E-state index contributed by atoms with van der Waals surface area (Å²) in [7, 11) is 0. The number of piperazine rings is 1. The van der Waals surface area contributed by atoms with E-state index in [0.29, 0.717) is 6.54 Å². The lowest BCUT2D eigenvalue weighted by molar-refractivity contribution is -0.132. The summed E-state index contributed by atoms with van der Waals surface area (Å²) in [6.07, 6.45) is 5.31. The predicted octanol–water partition coefficient (Wildman–Crippen LogP) is -0.0450. The van der Waals surface area contributed by atoms with Crippen LogP contribution in [0.3, 0.4) is 0 Å². The highest BCUT2D eigenvalue weighted by Gasteiger charge is 2.22. The molecular formula is C12H16N6O. The summed E-state index contributed by atoms with van der Waals surface area (Å²) in [5.41, 5.74) is 0. The highest BCUT2D eigenvalue weighted by atomic mass is 16.2. The Morgan fingerprint density at radius 3 is 2.58 bits per heavy atom. The van der Waals surface area contributed by atoms with Crippen LogP contribution in [0.5, 0.6) is 0 Å². The van der Waals surface area contributed by atoms with E-state index in [9.17, 15) is 4.79 Å². The Hall–Kier alpha value is -2.31. The lowest BCUT2D eigenvalue weighted by Gasteiger charge is -2.34. The number of H-pyrrole nitrogens is 1. The van der Waals surface area contributed by atoms with E-state index < -0.39 is 0 Å². The van der Waals surface area contributed by atoms with Gasteiger partial charge in [-0.2, -0.15) is 10.1 Å². The maximum absolute atomic E-state index is 12.1. The molecule has 2 aromatic heterocycles. The Bertz CT molecular complexity index is 512. The number of aromatic amines is 1. The minimum atomic E-state index is 0.161. The number of hydrogen-bond acceptors (Lipinski definition) is 4. The molecule has 0 spiro atoms. The van der Waals surface area contributed by atoms with Crippen molar-refractivity contribution in [2.24, 2.45) is 0 Å². The SMILES string of the molecule is O=C(Cn1cccc1)N1CCN(c2ncn[nH]2)CC1. The number of rotatable bonds is 3. The number of aromatic nitrogens is 4. The Morgan fingerprint density at radius 1 is 1.21 bits per heavy atom. The molecule has 0 aliphatic carbocycles. The molecule has 1 amide bonds. The molecule has 19 heavy (non-hydrogen) atoms. The molecule has 1 N–H and O–H groups in total. The number of carbonyl (C=O) groups is 1. The van der Waals surface area contributed by atoms with Crippen LogP contribution >= 0.6 is 0 Å². The second kappa shape index (κ2) is 5.13. The van der Waals surface area contributed by atoms with Crippen LogP contribution in [0.15, 0.2) is 30.9 Å². The van der Waals surface area contributed by atoms with Crippen molar-refractivity contribution in [1.82, 2.24) is 24.6 Å². The van der Waals surface area contributed by atoms with E-state index in [1.54, 1.807) is 0 Å². The number of amides is 1. The summed E-state index contributed by atoms with van der Waals surface area (Å²) in [6, 6.07) is 3.85. The summed E-state index contributed by atoms with van der Waals surface area (Å²) in [4.78, 5) is 20.2. The van der Waals surface area contributed by atoms with Gasteiger partial charge in [0.15, 0.2) is 0 Å². The fourth-order valence-electron chi connectivity index (χ4n) is 2.25. The number of carbonyl (C=O) groups excluding carboxylic acids is 1. The van der Waals surface area contributed by atoms with E-state index in [-0.39, 0.29) is 5.91 Å². The lowest BCUT2D eigenvalue weighted by Crippen LogP contribution is -2.49. The van der Waals surface area contributed by atoms with Crippen LogP contribution in [0.25, 0.3) is 0 Å². The van der Waals surface area contributed by atoms with Crippen LogP contribution in [-0.2, 0) is 11.3 Å². The summed E-state index contributed by atoms with van der Waals surface area (Å²) in [5.74, 6) is 0.936. The molecule has 0 atom stereocenters. The Kier molecular flexibility index (Phi) is 3.18. The normalized spacial score (nSPS) is 15.8. The maximum atomic E-state index is 12.1. The molecule has 3 heterocycles. The molecule has 7 heteroatoms. The van der Waals surface area contributed by atoms with Crippen molar-refractivity contribution in [2.45, 2.75) is 6.54 Å². The standard InChI is InChI=1S/C12H16N6O/c19-11(9-16-3-1-2-4-16)17-5-7-18(8-6-17)12-13-10-14-15-12/h1-4,10H,5-9H2,(H,13,14,15). The number of anilines is 1. The van der Waals surface area contributed by atoms with Crippen LogP contribution in [-0.4, -0.2) is 56.7 Å². The van der Waals surface area contributed by atoms with E-state index in [1.807, 2.05) is 34.0 Å². The van der Waals surface area contributed by atoms with Gasteiger partial charge in [0, 0.05) is 38.6 Å². The fourth-order valence-corrected chi connectivity index (χ4v) is 2.25. The lowest BCUT2D eigenvalue weighted by atomic mass is 10.3. The molecule has 3 rings (SSSR count). The van der Waals surface area contributed by atoms with Gasteiger partial charge in [-0.15, -0.1) is 0 Å². The van der Waals surface area contributed by atoms with Crippen molar-refractivity contribution >= 4 is 11.9 Å². The first-order valence-corrected chi connectivity index (χ1v) is 6.32. The van der Waals surface area contributed by atoms with Gasteiger partial charge >= 0.3 is 0 Å². The van der Waals surface area contributed by atoms with Gasteiger partial charge in [-0.3, -0.25) is 4.79 Å². The molecule has 0 bridgehead atoms. The summed E-state index contributed by atoms with van der Waals surface area (Å²) >= 11 is 0. The average molecular weight is 260 g/mol. The zero-order valence-corrected chi connectivity index (χ0v) is 10.6. The van der Waals surface area contributed by atoms with Crippen LogP contribution in [0, 0.1) is 0 Å². The first-order chi connectivity index (χ1) is 9.33. The van der Waals surface area contributed by atoms with E-state index in [0.717, 1.165) is 32.1 Å². The number of nitrogens with one attached hydrogen (secondary N) is 1. The Balaban J connectivity index is 1.54. The molecule has 100 valence electrons. The van der Waals surface area contributed by atoms with Gasteiger partial charge < -0.3 is 14.4 Å². The molecule has 0 aromatic carbocycles. The largest absolute Gasteiger partial charge is 0.345 e. The first-order valence-electron chi connectivity index (χ1n) is 6.32. The van der Waals surface area contributed by atoms with Crippen LogP contribution in [0.4, 0.5) is 5.95 Å². The molecule has 1 aliphatic rings. The molecule has 0 unspecified atom stereocenters. The molecule has 7 nitrogen and oxygen atoms in total. The van der Waals surface area contributed by atoms with Gasteiger partial charge in [0.2, 0.25) is 11.9 Å². The maximum Gasteiger partial charge on any atom is 0.242 e. The highest BCUT2D eigenvalue weighted by molar-refractivity contribution is 5.76. The van der Waals surface area contributed by atoms with Gasteiger partial charge in [0.1, 0.15) is 12.9 Å². The van der Waals surface area contributed by atoms with E-state index in [1.165, 1.54) is 6.33 Å². The second-order valence-corrected chi connectivity index (χ2v) is 4.53. The van der Waals surface area contributed by atoms with Crippen LogP contribution in [0.2, 0.25) is 0 Å². The average Bonchev–Trinajstić information content (AvgIpc) is 3.12. The van der Waals surface area contributed by atoms with Crippen LogP contribution < -0.4 is 4.90 Å². The summed E-state index contributed by atoms with van der Waals surface area (Å²) in [6.45, 7) is 3.43. The van der Waals surface area contributed by atoms with Crippen molar-refractivity contribution in [3.05, 3.63) is 30.9 Å². The Morgan fingerprint density at radius 2 is 1.95 bits per heavy atom. The third-order valence-corrected chi connectivity index (χ3v) is 3.32. The van der Waals surface area contributed by atoms with E-state index in [4.69, 9.17) is 0 Å². The topological polar surface area (TPSA) is 70.1 Å². The number of hydrogen-bond donors (Lipinski definition) is 1. The van der Waals surface area contributed by atoms with Gasteiger partial charge in [-0.05, 0) is 12.1 Å². The minimum absolute atomic E-state index is 0.161. The van der Waals surface area contributed by atoms with E-state index in [2.05, 4.69) is 20.1 Å². The van der Waals surface area contributed by atoms with Crippen molar-refractivity contribution in [3.8, 4) is 0 Å². The minimum Gasteiger partial charge on any atom is -0.345 e. The summed E-state index contributed by atoms with van der Waals surface area (Å²) in [5, 5.41) is 6.68. The Labute approximate surface area is 110 Å². The van der Waals surface area contributed by atoms with Gasteiger partial charge in [-0.1, -0.05) is 0 Å². The zero-order valence-electron chi connectivity index (χ0n) is 10.6. The van der Waals surface area contributed by atoms with E-state index >= 15 is 0 Å². The van der Waals surface area contributed by atoms with Gasteiger partial charge in [0.05, 0.1) is 0 Å². The van der Waals surface area contributed by atoms with Crippen molar-refractivity contribution in [2.75, 3.05) is 31.1 Å². The van der Waals surface area contributed by atoms with Gasteiger partial charge in [-0.25, -0.2) is 5.10 Å².